The number of rotatable bonds is 17. The number of aryl methyl sites for hydroxylation is 1. The first kappa shape index (κ1) is 66.2. The lowest BCUT2D eigenvalue weighted by atomic mass is 10.0. The molecule has 0 spiro atoms. The Morgan fingerprint density at radius 3 is 1.48 bits per heavy atom. The van der Waals surface area contributed by atoms with E-state index in [1.165, 1.54) is 6.92 Å². The number of non-ortho nitro benzene ring substituents is 1. The molecule has 0 saturated heterocycles. The van der Waals surface area contributed by atoms with Crippen molar-refractivity contribution in [1.82, 2.24) is 9.78 Å². The Bertz CT molecular complexity index is 5480. The van der Waals surface area contributed by atoms with Crippen molar-refractivity contribution in [2.45, 2.75) is 41.2 Å². The molecule has 1 heterocycles. The van der Waals surface area contributed by atoms with Gasteiger partial charge in [-0.3, -0.25) is 42.0 Å². The molecule has 0 radical (unpaired) electrons. The Hall–Kier alpha value is -8.78. The molecule has 8 rings (SSSR count). The van der Waals surface area contributed by atoms with Crippen molar-refractivity contribution in [3.05, 3.63) is 105 Å². The van der Waals surface area contributed by atoms with Crippen LogP contribution in [0.2, 0.25) is 10.0 Å². The molecular weight excluding hydrogens is 1380 g/mol. The summed E-state index contributed by atoms with van der Waals surface area (Å²) < 4.78 is 247. The maximum Gasteiger partial charge on any atom is 0.297 e. The number of phenolic OH excluding ortho intramolecular Hbond substituents is 2. The third-order valence-electron chi connectivity index (χ3n) is 11.8. The summed E-state index contributed by atoms with van der Waals surface area (Å²) in [6.45, 7) is 1.26. The number of hydrogen-bond donors (Lipinski definition) is 11. The zero-order valence-electron chi connectivity index (χ0n) is 42.6. The standard InChI is InChI=1S/C42H28Cl2N12O26S7/c1-15-36(42(59)55(54-15)27-12-22(44)29(13-21(27)43)84(65,66)67)51-47-23-5-2-16(8-30(23)85(68,69)70)46-52-37-32(87(74,75)76)10-19-18(39(37)57)4-7-25(41(19)89(80,81)82)49-50-26-14-28(83(62,63)64)20-11-33(88(77,78)79)38(40(58)34(20)35(26)45)53-48-24-6-3-17(56(60)61)9-31(24)86(71,72)73/h2-14,57-59H,45H2,1H3,(H,62,63,64)(H,65,66,67)(H,68,69,70)(H,71,72,73)(H,74,75,76)(H,77,78,79)(H,80,81,82). The fraction of sp³-hybridized carbons (Fsp3) is 0.0238. The number of azo groups is 4. The number of anilines is 1. The number of fused-ring (bicyclic) bond motifs is 2. The lowest BCUT2D eigenvalue weighted by Crippen LogP contribution is -2.04. The van der Waals surface area contributed by atoms with Crippen molar-refractivity contribution in [1.29, 1.82) is 0 Å². The summed E-state index contributed by atoms with van der Waals surface area (Å²) in [5, 5.41) is 73.1. The maximum absolute atomic E-state index is 13.1. The number of halogens is 2. The van der Waals surface area contributed by atoms with Gasteiger partial charge in [-0.05, 0) is 73.7 Å². The molecule has 12 N–H and O–H groups in total. The molecule has 0 unspecified atom stereocenters. The molecule has 0 aliphatic carbocycles. The molecule has 7 aromatic carbocycles. The van der Waals surface area contributed by atoms with E-state index in [9.17, 15) is 116 Å². The van der Waals surface area contributed by atoms with Crippen LogP contribution in [0.5, 0.6) is 17.4 Å². The third kappa shape index (κ3) is 13.3. The van der Waals surface area contributed by atoms with Gasteiger partial charge in [-0.1, -0.05) is 23.2 Å². The van der Waals surface area contributed by atoms with Crippen molar-refractivity contribution in [3.63, 3.8) is 0 Å². The lowest BCUT2D eigenvalue weighted by molar-refractivity contribution is -0.385. The van der Waals surface area contributed by atoms with Crippen molar-refractivity contribution >= 4 is 172 Å². The van der Waals surface area contributed by atoms with Gasteiger partial charge < -0.3 is 21.1 Å². The summed E-state index contributed by atoms with van der Waals surface area (Å²) in [4.78, 5) is 1.04. The number of nitrogens with two attached hydrogens (primary N) is 1. The van der Waals surface area contributed by atoms with Crippen LogP contribution in [-0.2, 0) is 70.8 Å². The highest BCUT2D eigenvalue weighted by atomic mass is 35.5. The van der Waals surface area contributed by atoms with E-state index in [1.807, 2.05) is 0 Å². The van der Waals surface area contributed by atoms with Crippen LogP contribution in [0.1, 0.15) is 5.69 Å². The summed E-state index contributed by atoms with van der Waals surface area (Å²) in [5.74, 6) is -3.80. The molecule has 1 aromatic heterocycles. The maximum atomic E-state index is 13.1. The normalized spacial score (nSPS) is 13.3. The van der Waals surface area contributed by atoms with Gasteiger partial charge in [0.1, 0.15) is 68.4 Å². The average molecular weight is 1410 g/mol. The van der Waals surface area contributed by atoms with Crippen LogP contribution in [0.25, 0.3) is 27.2 Å². The number of nitrogens with zero attached hydrogens (tertiary/aromatic N) is 11. The fourth-order valence-corrected chi connectivity index (χ4v) is 13.4. The van der Waals surface area contributed by atoms with E-state index in [4.69, 9.17) is 28.9 Å². The highest BCUT2D eigenvalue weighted by Crippen LogP contribution is 2.50. The van der Waals surface area contributed by atoms with Gasteiger partial charge >= 0.3 is 0 Å². The molecule has 0 bridgehead atoms. The molecule has 89 heavy (non-hydrogen) atoms. The van der Waals surface area contributed by atoms with Crippen LogP contribution >= 0.6 is 23.2 Å². The van der Waals surface area contributed by atoms with E-state index in [1.54, 1.807) is 0 Å². The van der Waals surface area contributed by atoms with E-state index in [0.29, 0.717) is 41.1 Å². The highest BCUT2D eigenvalue weighted by molar-refractivity contribution is 7.87. The first-order valence-electron chi connectivity index (χ1n) is 22.4. The van der Waals surface area contributed by atoms with Crippen LogP contribution < -0.4 is 5.73 Å². The van der Waals surface area contributed by atoms with E-state index < -0.39 is 216 Å². The summed E-state index contributed by atoms with van der Waals surface area (Å²) in [5.41, 5.74) is -3.59. The largest absolute Gasteiger partial charge is 0.505 e. The number of phenols is 2. The van der Waals surface area contributed by atoms with Gasteiger partial charge in [0.15, 0.2) is 17.2 Å². The smallest absolute Gasteiger partial charge is 0.297 e. The first-order valence-corrected chi connectivity index (χ1v) is 33.3. The number of nitrogen functional groups attached to an aromatic ring is 1. The number of nitro benzene ring substituents is 1. The first-order chi connectivity index (χ1) is 40.8. The molecule has 0 saturated carbocycles. The zero-order valence-corrected chi connectivity index (χ0v) is 49.8. The van der Waals surface area contributed by atoms with Gasteiger partial charge in [-0.2, -0.15) is 73.8 Å². The summed E-state index contributed by atoms with van der Waals surface area (Å²) in [6, 6.07) is 7.64. The SMILES string of the molecule is Cc1nn(-c2cc(Cl)c(S(=O)(=O)O)cc2Cl)c(O)c1N=Nc1ccc(N=Nc2c(S(=O)(=O)O)cc3c(S(=O)(=O)O)c(N=Nc4cc(S(=O)(=O)O)c5cc(S(=O)(=O)O)c(N=Nc6ccc([N+](=O)[O-])cc6S(=O)(=O)O)c(O)c5c4N)ccc3c2O)cc1S(=O)(=O)O. The van der Waals surface area contributed by atoms with E-state index in [2.05, 4.69) is 46.0 Å². The number of hydrogen-bond acceptors (Lipinski definition) is 29. The second-order valence-corrected chi connectivity index (χ2v) is 28.0. The van der Waals surface area contributed by atoms with Crippen molar-refractivity contribution in [3.8, 4) is 23.1 Å². The second kappa shape index (κ2) is 23.0. The predicted octanol–water partition coefficient (Wildman–Crippen LogP) is 8.79. The van der Waals surface area contributed by atoms with E-state index in [0.717, 1.165) is 30.3 Å². The van der Waals surface area contributed by atoms with Crippen LogP contribution in [0.3, 0.4) is 0 Å². The number of aromatic hydroxyl groups is 3. The van der Waals surface area contributed by atoms with Gasteiger partial charge in [0.25, 0.3) is 76.5 Å². The van der Waals surface area contributed by atoms with Crippen LogP contribution in [-0.4, -0.2) is 121 Å². The lowest BCUT2D eigenvalue weighted by Gasteiger charge is -2.15. The van der Waals surface area contributed by atoms with Crippen LogP contribution in [0, 0.1) is 17.0 Å². The highest BCUT2D eigenvalue weighted by Gasteiger charge is 2.32. The summed E-state index contributed by atoms with van der Waals surface area (Å²) in [7, 11) is -38.5. The van der Waals surface area contributed by atoms with Gasteiger partial charge in [-0.15, -0.1) is 35.8 Å². The van der Waals surface area contributed by atoms with Gasteiger partial charge in [0.05, 0.1) is 43.1 Å². The van der Waals surface area contributed by atoms with Crippen LogP contribution in [0.15, 0.2) is 154 Å². The number of benzene rings is 7. The minimum atomic E-state index is -5.78. The summed E-state index contributed by atoms with van der Waals surface area (Å²) in [6.07, 6.45) is 0. The quantitative estimate of drug-likeness (QED) is 0.0133. The average Bonchev–Trinajstić information content (AvgIpc) is 1.25. The predicted molar refractivity (Wildman–Crippen MR) is 301 cm³/mol. The van der Waals surface area contributed by atoms with E-state index >= 15 is 0 Å². The number of aromatic nitrogens is 2. The van der Waals surface area contributed by atoms with Crippen molar-refractivity contribution in [2.24, 2.45) is 40.9 Å². The van der Waals surface area contributed by atoms with Gasteiger partial charge in [0, 0.05) is 28.3 Å². The molecular formula is C42H28Cl2N12O26S7. The molecule has 0 fully saturated rings. The molecule has 47 heteroatoms. The third-order valence-corrected chi connectivity index (χ3v) is 18.7. The van der Waals surface area contributed by atoms with Gasteiger partial charge in [0.2, 0.25) is 5.88 Å². The Morgan fingerprint density at radius 1 is 0.472 bits per heavy atom. The Morgan fingerprint density at radius 2 is 0.944 bits per heavy atom. The summed E-state index contributed by atoms with van der Waals surface area (Å²) >= 11 is 12.2. The Kier molecular flexibility index (Phi) is 17.1. The molecule has 8 aromatic rings. The monoisotopic (exact) mass is 1410 g/mol. The molecule has 468 valence electrons. The molecule has 38 nitrogen and oxygen atoms in total. The van der Waals surface area contributed by atoms with Crippen molar-refractivity contribution in [2.75, 3.05) is 5.73 Å². The zero-order chi connectivity index (χ0) is 66.4. The Balaban J connectivity index is 1.22. The van der Waals surface area contributed by atoms with Gasteiger partial charge in [-0.25, -0.2) is 0 Å². The minimum absolute atomic E-state index is 0.132. The van der Waals surface area contributed by atoms with Crippen LogP contribution in [0.4, 0.5) is 56.9 Å². The minimum Gasteiger partial charge on any atom is -0.505 e. The van der Waals surface area contributed by atoms with E-state index in [-0.39, 0.29) is 23.5 Å². The van der Waals surface area contributed by atoms with Crippen molar-refractivity contribution < 1.29 is 111 Å². The molecule has 0 atom stereocenters. The Labute approximate surface area is 505 Å². The topological polar surface area (TPSA) is 627 Å². The fourth-order valence-electron chi connectivity index (χ4n) is 7.98. The molecule has 0 aliphatic heterocycles. The molecule has 0 amide bonds. The number of nitro groups is 1. The second-order valence-electron chi connectivity index (χ2n) is 17.5. The molecule has 0 aliphatic rings.